The Morgan fingerprint density at radius 1 is 0.872 bits per heavy atom. The van der Waals surface area contributed by atoms with Gasteiger partial charge in [0.15, 0.2) is 6.10 Å². The van der Waals surface area contributed by atoms with Crippen LogP contribution in [0.1, 0.15) is 48.8 Å². The molecule has 0 unspecified atom stereocenters. The van der Waals surface area contributed by atoms with Crippen molar-refractivity contribution in [2.24, 2.45) is 5.92 Å². The van der Waals surface area contributed by atoms with E-state index >= 15 is 0 Å². The maximum absolute atomic E-state index is 14.3. The molecule has 2 aromatic carbocycles. The van der Waals surface area contributed by atoms with Crippen molar-refractivity contribution in [1.82, 2.24) is 0 Å². The Labute approximate surface area is 218 Å². The molecule has 3 rings (SSSR count). The van der Waals surface area contributed by atoms with E-state index in [4.69, 9.17) is 4.74 Å². The number of nitrogens with one attached hydrogen (secondary N) is 1. The predicted molar refractivity (Wildman–Crippen MR) is 123 cm³/mol. The molecule has 3 nitrogen and oxygen atoms in total. The molecule has 0 heterocycles. The highest BCUT2D eigenvalue weighted by Crippen LogP contribution is 2.52. The van der Waals surface area contributed by atoms with Crippen LogP contribution in [0.25, 0.3) is 0 Å². The molecule has 1 saturated carbocycles. The van der Waals surface area contributed by atoms with Crippen molar-refractivity contribution >= 4 is 5.69 Å². The molecule has 0 aliphatic heterocycles. The number of rotatable bonds is 10. The fourth-order valence-electron chi connectivity index (χ4n) is 4.37. The summed E-state index contributed by atoms with van der Waals surface area (Å²) < 4.78 is 138. The molecule has 13 heteroatoms. The van der Waals surface area contributed by atoms with Crippen LogP contribution >= 0.6 is 0 Å². The van der Waals surface area contributed by atoms with Crippen LogP contribution in [0.4, 0.5) is 49.6 Å². The molecule has 0 spiro atoms. The molecule has 0 bridgehead atoms. The van der Waals surface area contributed by atoms with Gasteiger partial charge in [0.25, 0.3) is 0 Å². The Balaban J connectivity index is 1.93. The molecule has 1 fully saturated rings. The minimum Gasteiger partial charge on any atom is -0.493 e. The van der Waals surface area contributed by atoms with Gasteiger partial charge in [0.1, 0.15) is 5.75 Å². The first-order valence-electron chi connectivity index (χ1n) is 12.2. The molecule has 0 amide bonds. The van der Waals surface area contributed by atoms with Crippen molar-refractivity contribution < 1.29 is 53.7 Å². The van der Waals surface area contributed by atoms with E-state index in [9.17, 15) is 49.0 Å². The van der Waals surface area contributed by atoms with Crippen molar-refractivity contribution in [3.8, 4) is 5.75 Å². The summed E-state index contributed by atoms with van der Waals surface area (Å²) in [6.45, 7) is -0.698. The number of hydrogen-bond donors (Lipinski definition) is 2. The smallest absolute Gasteiger partial charge is 0.460 e. The van der Waals surface area contributed by atoms with E-state index in [1.807, 2.05) is 0 Å². The molecule has 218 valence electrons. The Morgan fingerprint density at radius 2 is 1.51 bits per heavy atom. The molecular weight excluding hydrogens is 548 g/mol. The Bertz CT molecular complexity index is 1090. The van der Waals surface area contributed by atoms with Crippen LogP contribution in [0.3, 0.4) is 0 Å². The molecule has 39 heavy (non-hydrogen) atoms. The first kappa shape index (κ1) is 30.8. The highest BCUT2D eigenvalue weighted by Gasteiger charge is 2.73. The van der Waals surface area contributed by atoms with E-state index in [-0.39, 0.29) is 41.5 Å². The zero-order chi connectivity index (χ0) is 29.1. The highest BCUT2D eigenvalue weighted by molar-refractivity contribution is 5.59. The van der Waals surface area contributed by atoms with Crippen LogP contribution < -0.4 is 10.1 Å². The molecule has 0 radical (unpaired) electrons. The SMILES string of the molecule is O[C@H](CNc1cccc(OCC2CCCCC2)c1Cc1cccc(C(F)(F)C(F)(F)C(F)(F)F)c1)C(F)(F)F. The fourth-order valence-corrected chi connectivity index (χ4v) is 4.37. The number of aliphatic hydroxyl groups excluding tert-OH is 1. The number of benzene rings is 2. The van der Waals surface area contributed by atoms with E-state index < -0.39 is 42.4 Å². The number of alkyl halides is 10. The summed E-state index contributed by atoms with van der Waals surface area (Å²) in [5.41, 5.74) is -1.49. The lowest BCUT2D eigenvalue weighted by molar-refractivity contribution is -0.359. The van der Waals surface area contributed by atoms with Crippen LogP contribution in [-0.2, 0) is 12.3 Å². The van der Waals surface area contributed by atoms with Gasteiger partial charge in [0, 0.05) is 29.8 Å². The van der Waals surface area contributed by atoms with E-state index in [1.54, 1.807) is 0 Å². The van der Waals surface area contributed by atoms with Crippen molar-refractivity contribution in [3.63, 3.8) is 0 Å². The van der Waals surface area contributed by atoms with Crippen LogP contribution in [0, 0.1) is 5.92 Å². The second kappa shape index (κ2) is 11.8. The maximum Gasteiger partial charge on any atom is 0.460 e. The normalized spacial score (nSPS) is 16.7. The van der Waals surface area contributed by atoms with Crippen molar-refractivity contribution in [1.29, 1.82) is 0 Å². The fraction of sp³-hybridized carbons (Fsp3) is 0.538. The summed E-state index contributed by atoms with van der Waals surface area (Å²) in [6, 6.07) is 7.31. The van der Waals surface area contributed by atoms with Gasteiger partial charge in [-0.3, -0.25) is 0 Å². The molecule has 1 aliphatic carbocycles. The number of ether oxygens (including phenoxy) is 1. The molecule has 1 aliphatic rings. The lowest BCUT2D eigenvalue weighted by Gasteiger charge is -2.28. The third-order valence-corrected chi connectivity index (χ3v) is 6.62. The van der Waals surface area contributed by atoms with Crippen LogP contribution in [0.2, 0.25) is 0 Å². The molecule has 2 N–H and O–H groups in total. The first-order chi connectivity index (χ1) is 18.0. The van der Waals surface area contributed by atoms with Gasteiger partial charge in [0.05, 0.1) is 6.61 Å². The molecular formula is C26H27F10NO2. The zero-order valence-electron chi connectivity index (χ0n) is 20.5. The van der Waals surface area contributed by atoms with Gasteiger partial charge in [0.2, 0.25) is 0 Å². The van der Waals surface area contributed by atoms with Gasteiger partial charge < -0.3 is 15.2 Å². The van der Waals surface area contributed by atoms with E-state index in [1.165, 1.54) is 24.3 Å². The Kier molecular flexibility index (Phi) is 9.34. The predicted octanol–water partition coefficient (Wildman–Crippen LogP) is 7.86. The number of hydrogen-bond acceptors (Lipinski definition) is 3. The first-order valence-corrected chi connectivity index (χ1v) is 12.2. The Hall–Kier alpha value is -2.70. The van der Waals surface area contributed by atoms with Crippen LogP contribution in [0.15, 0.2) is 42.5 Å². The van der Waals surface area contributed by atoms with E-state index in [0.717, 1.165) is 38.2 Å². The molecule has 2 aromatic rings. The number of aliphatic hydroxyl groups is 1. The van der Waals surface area contributed by atoms with Gasteiger partial charge in [-0.05, 0) is 42.5 Å². The van der Waals surface area contributed by atoms with Crippen molar-refractivity contribution in [2.75, 3.05) is 18.5 Å². The summed E-state index contributed by atoms with van der Waals surface area (Å²) in [4.78, 5) is 0. The van der Waals surface area contributed by atoms with Gasteiger partial charge in [-0.1, -0.05) is 43.5 Å². The van der Waals surface area contributed by atoms with Gasteiger partial charge in [-0.2, -0.15) is 43.9 Å². The number of halogens is 10. The summed E-state index contributed by atoms with van der Waals surface area (Å²) in [6.07, 6.45) is -9.64. The monoisotopic (exact) mass is 575 g/mol. The third kappa shape index (κ3) is 7.29. The minimum atomic E-state index is -6.51. The standard InChI is InChI=1S/C26H27F10NO2/c27-23(28,25(32,33)26(34,35)36)18-9-4-8-17(12-18)13-19-20(37-14-22(38)24(29,30)31)10-5-11-21(19)39-15-16-6-2-1-3-7-16/h4-5,8-12,16,22,37-38H,1-3,6-7,13-15H2/t22-/m1/s1. The number of anilines is 1. The quantitative estimate of drug-likeness (QED) is 0.284. The van der Waals surface area contributed by atoms with Gasteiger partial charge in [-0.25, -0.2) is 0 Å². The average molecular weight is 575 g/mol. The van der Waals surface area contributed by atoms with Crippen LogP contribution in [-0.4, -0.2) is 42.6 Å². The summed E-state index contributed by atoms with van der Waals surface area (Å²) in [5.74, 6) is -11.6. The van der Waals surface area contributed by atoms with E-state index in [2.05, 4.69) is 5.32 Å². The topological polar surface area (TPSA) is 41.5 Å². The lowest BCUT2D eigenvalue weighted by atomic mass is 9.90. The second-order valence-corrected chi connectivity index (χ2v) is 9.56. The summed E-state index contributed by atoms with van der Waals surface area (Å²) in [7, 11) is 0. The Morgan fingerprint density at radius 3 is 2.13 bits per heavy atom. The zero-order valence-corrected chi connectivity index (χ0v) is 20.5. The van der Waals surface area contributed by atoms with Gasteiger partial charge in [-0.15, -0.1) is 0 Å². The van der Waals surface area contributed by atoms with Crippen molar-refractivity contribution in [3.05, 3.63) is 59.2 Å². The lowest BCUT2D eigenvalue weighted by Crippen LogP contribution is -2.50. The summed E-state index contributed by atoms with van der Waals surface area (Å²) >= 11 is 0. The van der Waals surface area contributed by atoms with Crippen LogP contribution in [0.5, 0.6) is 5.75 Å². The molecule has 0 aromatic heterocycles. The molecule has 0 saturated heterocycles. The van der Waals surface area contributed by atoms with E-state index in [0.29, 0.717) is 12.1 Å². The summed E-state index contributed by atoms with van der Waals surface area (Å²) in [5, 5.41) is 11.8. The largest absolute Gasteiger partial charge is 0.493 e. The van der Waals surface area contributed by atoms with Gasteiger partial charge >= 0.3 is 24.2 Å². The average Bonchev–Trinajstić information content (AvgIpc) is 2.86. The molecule has 1 atom stereocenters. The minimum absolute atomic E-state index is 0.0391. The van der Waals surface area contributed by atoms with Crippen molar-refractivity contribution in [2.45, 2.75) is 68.8 Å². The highest BCUT2D eigenvalue weighted by atomic mass is 19.4. The second-order valence-electron chi connectivity index (χ2n) is 9.56. The third-order valence-electron chi connectivity index (χ3n) is 6.62. The maximum atomic E-state index is 14.3.